The lowest BCUT2D eigenvalue weighted by molar-refractivity contribution is 0.0961. The number of rotatable bonds is 5. The Morgan fingerprint density at radius 1 is 1.06 bits per heavy atom. The Morgan fingerprint density at radius 2 is 1.84 bits per heavy atom. The lowest BCUT2D eigenvalue weighted by Crippen LogP contribution is -2.52. The van der Waals surface area contributed by atoms with E-state index in [9.17, 15) is 4.79 Å². The molecule has 2 aliphatic heterocycles. The van der Waals surface area contributed by atoms with Gasteiger partial charge in [-0.2, -0.15) is 4.68 Å². The standard InChI is InChI=1S/C23H35N7O/c1-18(2)24-23(31)29-14-8-4-7-11-21(29)19-12-15-28(16-13-19)17-22-25-26-27-30(22)20-9-5-3-6-10-20/h3,5-6,9-10,18-19,21H,4,7-8,11-17H2,1-2H3,(H,24,31)/t21-/m1/s1. The van der Waals surface area contributed by atoms with Crippen molar-refractivity contribution in [2.24, 2.45) is 5.92 Å². The first-order valence-electron chi connectivity index (χ1n) is 11.7. The Balaban J connectivity index is 1.37. The number of carbonyl (C=O) groups is 1. The van der Waals surface area contributed by atoms with Crippen molar-refractivity contribution in [1.82, 2.24) is 35.3 Å². The Morgan fingerprint density at radius 3 is 2.58 bits per heavy atom. The van der Waals surface area contributed by atoms with Crippen LogP contribution in [0.15, 0.2) is 30.3 Å². The predicted molar refractivity (Wildman–Crippen MR) is 120 cm³/mol. The van der Waals surface area contributed by atoms with Crippen LogP contribution in [0.5, 0.6) is 0 Å². The van der Waals surface area contributed by atoms with Gasteiger partial charge in [-0.1, -0.05) is 31.0 Å². The van der Waals surface area contributed by atoms with E-state index >= 15 is 0 Å². The number of hydrogen-bond donors (Lipinski definition) is 1. The summed E-state index contributed by atoms with van der Waals surface area (Å²) in [5.41, 5.74) is 0.989. The van der Waals surface area contributed by atoms with E-state index in [1.807, 2.05) is 48.9 Å². The zero-order chi connectivity index (χ0) is 21.6. The van der Waals surface area contributed by atoms with E-state index in [-0.39, 0.29) is 12.1 Å². The largest absolute Gasteiger partial charge is 0.336 e. The molecule has 2 aromatic rings. The Kier molecular flexibility index (Phi) is 7.17. The Labute approximate surface area is 185 Å². The van der Waals surface area contributed by atoms with E-state index in [1.165, 1.54) is 12.8 Å². The molecule has 0 radical (unpaired) electrons. The molecule has 2 amide bonds. The molecule has 2 aliphatic rings. The number of benzene rings is 1. The molecule has 0 unspecified atom stereocenters. The minimum atomic E-state index is 0.117. The molecule has 0 bridgehead atoms. The molecule has 1 aromatic heterocycles. The molecule has 0 saturated carbocycles. The van der Waals surface area contributed by atoms with Crippen molar-refractivity contribution in [2.75, 3.05) is 19.6 Å². The van der Waals surface area contributed by atoms with E-state index in [0.717, 1.165) is 63.4 Å². The molecule has 8 heteroatoms. The fraction of sp³-hybridized carbons (Fsp3) is 0.652. The molecule has 168 valence electrons. The molecule has 1 N–H and O–H groups in total. The number of nitrogens with one attached hydrogen (secondary N) is 1. The average molecular weight is 426 g/mol. The SMILES string of the molecule is CC(C)NC(=O)N1CCCCC[C@@H]1C1CCN(Cc2nnnn2-c2ccccc2)CC1. The van der Waals surface area contributed by atoms with Crippen molar-refractivity contribution in [3.8, 4) is 5.69 Å². The molecule has 2 fully saturated rings. The second-order valence-corrected chi connectivity index (χ2v) is 9.17. The average Bonchev–Trinajstić information content (AvgIpc) is 3.08. The quantitative estimate of drug-likeness (QED) is 0.796. The second-order valence-electron chi connectivity index (χ2n) is 9.17. The first-order chi connectivity index (χ1) is 15.1. The maximum atomic E-state index is 12.8. The van der Waals surface area contributed by atoms with E-state index in [4.69, 9.17) is 0 Å². The van der Waals surface area contributed by atoms with Crippen LogP contribution in [0.2, 0.25) is 0 Å². The van der Waals surface area contributed by atoms with Gasteiger partial charge in [-0.15, -0.1) is 5.10 Å². The molecule has 3 heterocycles. The van der Waals surface area contributed by atoms with Gasteiger partial charge < -0.3 is 10.2 Å². The summed E-state index contributed by atoms with van der Waals surface area (Å²) < 4.78 is 1.83. The van der Waals surface area contributed by atoms with Crippen molar-refractivity contribution in [3.63, 3.8) is 0 Å². The van der Waals surface area contributed by atoms with Crippen molar-refractivity contribution < 1.29 is 4.79 Å². The lowest BCUT2D eigenvalue weighted by Gasteiger charge is -2.40. The number of tetrazole rings is 1. The van der Waals surface area contributed by atoms with E-state index in [2.05, 4.69) is 30.6 Å². The summed E-state index contributed by atoms with van der Waals surface area (Å²) in [6.45, 7) is 7.73. The lowest BCUT2D eigenvalue weighted by atomic mass is 9.86. The smallest absolute Gasteiger partial charge is 0.317 e. The normalized spacial score (nSPS) is 21.3. The number of nitrogens with zero attached hydrogens (tertiary/aromatic N) is 6. The third kappa shape index (κ3) is 5.42. The van der Waals surface area contributed by atoms with Gasteiger partial charge >= 0.3 is 6.03 Å². The highest BCUT2D eigenvalue weighted by atomic mass is 16.2. The number of piperidine rings is 1. The van der Waals surface area contributed by atoms with Crippen LogP contribution in [-0.4, -0.2) is 67.8 Å². The second kappa shape index (κ2) is 10.2. The predicted octanol–water partition coefficient (Wildman–Crippen LogP) is 3.24. The van der Waals surface area contributed by atoms with Gasteiger partial charge in [-0.25, -0.2) is 4.79 Å². The summed E-state index contributed by atoms with van der Waals surface area (Å²) in [5.74, 6) is 1.44. The Bertz CT molecular complexity index is 829. The van der Waals surface area contributed by atoms with E-state index in [0.29, 0.717) is 12.0 Å². The van der Waals surface area contributed by atoms with Gasteiger partial charge in [0.2, 0.25) is 0 Å². The van der Waals surface area contributed by atoms with Crippen molar-refractivity contribution in [3.05, 3.63) is 36.2 Å². The number of urea groups is 1. The summed E-state index contributed by atoms with van der Waals surface area (Å²) in [4.78, 5) is 17.4. The molecule has 0 spiro atoms. The summed E-state index contributed by atoms with van der Waals surface area (Å²) in [6, 6.07) is 10.7. The van der Waals surface area contributed by atoms with Crippen LogP contribution in [-0.2, 0) is 6.54 Å². The third-order valence-corrected chi connectivity index (χ3v) is 6.55. The van der Waals surface area contributed by atoms with Crippen LogP contribution in [0.1, 0.15) is 58.2 Å². The zero-order valence-electron chi connectivity index (χ0n) is 18.8. The minimum absolute atomic E-state index is 0.117. The number of carbonyl (C=O) groups excluding carboxylic acids is 1. The van der Waals surface area contributed by atoms with E-state index < -0.39 is 0 Å². The molecular weight excluding hydrogens is 390 g/mol. The first-order valence-corrected chi connectivity index (χ1v) is 11.7. The molecule has 1 atom stereocenters. The van der Waals surface area contributed by atoms with Gasteiger partial charge in [0.05, 0.1) is 12.2 Å². The van der Waals surface area contributed by atoms with Gasteiger partial charge in [0.1, 0.15) is 0 Å². The van der Waals surface area contributed by atoms with Gasteiger partial charge in [0.15, 0.2) is 5.82 Å². The summed E-state index contributed by atoms with van der Waals surface area (Å²) in [5, 5.41) is 15.5. The molecule has 1 aromatic carbocycles. The molecule has 8 nitrogen and oxygen atoms in total. The summed E-state index contributed by atoms with van der Waals surface area (Å²) >= 11 is 0. The van der Waals surface area contributed by atoms with E-state index in [1.54, 1.807) is 0 Å². The van der Waals surface area contributed by atoms with Crippen molar-refractivity contribution >= 4 is 6.03 Å². The summed E-state index contributed by atoms with van der Waals surface area (Å²) in [6.07, 6.45) is 6.92. The number of para-hydroxylation sites is 1. The molecule has 0 aliphatic carbocycles. The summed E-state index contributed by atoms with van der Waals surface area (Å²) in [7, 11) is 0. The van der Waals surface area contributed by atoms with Gasteiger partial charge in [-0.3, -0.25) is 4.90 Å². The van der Waals surface area contributed by atoms with Gasteiger partial charge in [0, 0.05) is 18.6 Å². The maximum absolute atomic E-state index is 12.8. The number of hydrogen-bond acceptors (Lipinski definition) is 5. The van der Waals surface area contributed by atoms with Crippen LogP contribution in [0, 0.1) is 5.92 Å². The third-order valence-electron chi connectivity index (χ3n) is 6.55. The van der Waals surface area contributed by atoms with Crippen LogP contribution in [0.25, 0.3) is 5.69 Å². The van der Waals surface area contributed by atoms with Crippen LogP contribution in [0.3, 0.4) is 0 Å². The zero-order valence-corrected chi connectivity index (χ0v) is 18.8. The number of aromatic nitrogens is 4. The van der Waals surface area contributed by atoms with Gasteiger partial charge in [0.25, 0.3) is 0 Å². The molecule has 4 rings (SSSR count). The molecular formula is C23H35N7O. The Hall–Kier alpha value is -2.48. The highest BCUT2D eigenvalue weighted by molar-refractivity contribution is 5.74. The molecule has 2 saturated heterocycles. The van der Waals surface area contributed by atoms with Crippen LogP contribution in [0.4, 0.5) is 4.79 Å². The maximum Gasteiger partial charge on any atom is 0.317 e. The highest BCUT2D eigenvalue weighted by Crippen LogP contribution is 2.30. The first kappa shape index (κ1) is 21.7. The number of amides is 2. The van der Waals surface area contributed by atoms with Crippen LogP contribution < -0.4 is 5.32 Å². The highest BCUT2D eigenvalue weighted by Gasteiger charge is 2.34. The fourth-order valence-electron chi connectivity index (χ4n) is 4.98. The van der Waals surface area contributed by atoms with Gasteiger partial charge in [-0.05, 0) is 81.1 Å². The topological polar surface area (TPSA) is 79.2 Å². The minimum Gasteiger partial charge on any atom is -0.336 e. The monoisotopic (exact) mass is 425 g/mol. The van der Waals surface area contributed by atoms with Crippen molar-refractivity contribution in [1.29, 1.82) is 0 Å². The number of likely N-dealkylation sites (tertiary alicyclic amines) is 2. The fourth-order valence-corrected chi connectivity index (χ4v) is 4.98. The van der Waals surface area contributed by atoms with Crippen LogP contribution >= 0.6 is 0 Å². The molecule has 31 heavy (non-hydrogen) atoms. The van der Waals surface area contributed by atoms with Crippen molar-refractivity contribution in [2.45, 2.75) is 71.0 Å².